The molecule has 3 aromatic carbocycles. The normalized spacial score (nSPS) is 17.9. The first kappa shape index (κ1) is 20.6. The number of rotatable bonds is 6. The van der Waals surface area contributed by atoms with Crippen LogP contribution in [0.3, 0.4) is 0 Å². The highest BCUT2D eigenvalue weighted by Crippen LogP contribution is 2.34. The molecule has 1 aliphatic rings. The highest BCUT2D eigenvalue weighted by Gasteiger charge is 2.52. The quantitative estimate of drug-likeness (QED) is 0.441. The summed E-state index contributed by atoms with van der Waals surface area (Å²) in [7, 11) is 0. The summed E-state index contributed by atoms with van der Waals surface area (Å²) in [4.78, 5) is 32.0. The molecule has 0 aliphatic carbocycles. The average molecular weight is 441 g/mol. The summed E-state index contributed by atoms with van der Waals surface area (Å²) in [5, 5.41) is 2.92. The van der Waals surface area contributed by atoms with Gasteiger partial charge in [-0.15, -0.1) is 0 Å². The van der Waals surface area contributed by atoms with Gasteiger partial charge in [-0.25, -0.2) is 14.2 Å². The number of halogens is 1. The Morgan fingerprint density at radius 1 is 0.909 bits per heavy atom. The lowest BCUT2D eigenvalue weighted by Crippen LogP contribution is -2.46. The van der Waals surface area contributed by atoms with E-state index in [0.29, 0.717) is 23.3 Å². The van der Waals surface area contributed by atoms with Gasteiger partial charge in [-0.05, 0) is 35.4 Å². The highest BCUT2D eigenvalue weighted by atomic mass is 19.1. The van der Waals surface area contributed by atoms with Crippen LogP contribution in [0, 0.1) is 5.82 Å². The van der Waals surface area contributed by atoms with Crippen LogP contribution in [0.4, 0.5) is 9.18 Å². The van der Waals surface area contributed by atoms with Crippen molar-refractivity contribution in [2.75, 3.05) is 0 Å². The van der Waals surface area contributed by atoms with Gasteiger partial charge in [-0.2, -0.15) is 0 Å². The molecular formula is C26H20FN3O3. The van der Waals surface area contributed by atoms with Crippen LogP contribution in [0.25, 0.3) is 11.3 Å². The Kier molecular flexibility index (Phi) is 5.22. The lowest BCUT2D eigenvalue weighted by Gasteiger charge is -2.27. The number of nitrogens with one attached hydrogen (secondary N) is 1. The monoisotopic (exact) mass is 441 g/mol. The fourth-order valence-electron chi connectivity index (χ4n) is 4.08. The van der Waals surface area contributed by atoms with Crippen molar-refractivity contribution < 1.29 is 18.4 Å². The summed E-state index contributed by atoms with van der Waals surface area (Å²) in [6.45, 7) is -0.116. The van der Waals surface area contributed by atoms with Gasteiger partial charge in [0.15, 0.2) is 11.3 Å². The number of hydrogen-bond acceptors (Lipinski definition) is 4. The van der Waals surface area contributed by atoms with Crippen LogP contribution in [-0.2, 0) is 23.3 Å². The molecule has 0 radical (unpaired) electrons. The van der Waals surface area contributed by atoms with E-state index in [0.717, 1.165) is 10.5 Å². The zero-order valence-electron chi connectivity index (χ0n) is 17.6. The molecule has 0 spiro atoms. The molecule has 4 aromatic rings. The van der Waals surface area contributed by atoms with E-state index < -0.39 is 11.6 Å². The Labute approximate surface area is 189 Å². The summed E-state index contributed by atoms with van der Waals surface area (Å²) >= 11 is 0. The van der Waals surface area contributed by atoms with E-state index in [1.54, 1.807) is 12.1 Å². The second-order valence-corrected chi connectivity index (χ2v) is 7.88. The number of imide groups is 1. The summed E-state index contributed by atoms with van der Waals surface area (Å²) in [6, 6.07) is 24.1. The van der Waals surface area contributed by atoms with Gasteiger partial charge in [0, 0.05) is 12.0 Å². The van der Waals surface area contributed by atoms with Crippen LogP contribution in [0.2, 0.25) is 0 Å². The molecule has 2 heterocycles. The first-order valence-electron chi connectivity index (χ1n) is 10.5. The van der Waals surface area contributed by atoms with Gasteiger partial charge in [-0.1, -0.05) is 60.7 Å². The highest BCUT2D eigenvalue weighted by molar-refractivity contribution is 6.07. The molecule has 1 fully saturated rings. The fraction of sp³-hybridized carbons (Fsp3) is 0.115. The smallest absolute Gasteiger partial charge is 0.325 e. The Bertz CT molecular complexity index is 1290. The van der Waals surface area contributed by atoms with E-state index in [2.05, 4.69) is 10.3 Å². The number of carbonyl (C=O) groups is 2. The molecule has 1 N–H and O–H groups in total. The van der Waals surface area contributed by atoms with Crippen molar-refractivity contribution in [2.45, 2.75) is 18.5 Å². The number of urea groups is 1. The Morgan fingerprint density at radius 2 is 1.58 bits per heavy atom. The summed E-state index contributed by atoms with van der Waals surface area (Å²) in [5.41, 5.74) is 1.04. The number of hydrogen-bond donors (Lipinski definition) is 1. The number of benzene rings is 3. The summed E-state index contributed by atoms with van der Waals surface area (Å²) < 4.78 is 19.0. The molecule has 6 nitrogen and oxygen atoms in total. The predicted octanol–water partition coefficient (Wildman–Crippen LogP) is 4.67. The molecule has 0 bridgehead atoms. The first-order valence-corrected chi connectivity index (χ1v) is 10.5. The van der Waals surface area contributed by atoms with Crippen molar-refractivity contribution in [1.29, 1.82) is 0 Å². The van der Waals surface area contributed by atoms with Crippen LogP contribution < -0.4 is 5.32 Å². The maximum absolute atomic E-state index is 13.7. The van der Waals surface area contributed by atoms with Gasteiger partial charge in [-0.3, -0.25) is 9.69 Å². The molecule has 164 valence electrons. The molecule has 1 saturated heterocycles. The van der Waals surface area contributed by atoms with E-state index in [-0.39, 0.29) is 24.2 Å². The lowest BCUT2D eigenvalue weighted by atomic mass is 9.83. The molecule has 3 amide bonds. The number of aromatic nitrogens is 1. The third kappa shape index (κ3) is 3.89. The standard InChI is InChI=1S/C26H20FN3O3/c27-21-13-11-19(12-14-21)22-16-28-23(33-22)17-30-24(31)26(29-25(30)32,20-9-5-2-6-10-20)15-18-7-3-1-4-8-18/h1-14,16H,15,17H2,(H,29,32)/t26-/m1/s1. The molecule has 0 saturated carbocycles. The zero-order valence-corrected chi connectivity index (χ0v) is 17.6. The van der Waals surface area contributed by atoms with E-state index in [1.165, 1.54) is 18.3 Å². The van der Waals surface area contributed by atoms with Crippen LogP contribution in [-0.4, -0.2) is 21.8 Å². The maximum atomic E-state index is 13.7. The number of amides is 3. The molecule has 1 aromatic heterocycles. The summed E-state index contributed by atoms with van der Waals surface area (Å²) in [6.07, 6.45) is 1.81. The van der Waals surface area contributed by atoms with Crippen molar-refractivity contribution in [1.82, 2.24) is 15.2 Å². The molecule has 1 aliphatic heterocycles. The van der Waals surface area contributed by atoms with E-state index in [1.807, 2.05) is 60.7 Å². The van der Waals surface area contributed by atoms with Crippen molar-refractivity contribution in [3.8, 4) is 11.3 Å². The average Bonchev–Trinajstić information content (AvgIpc) is 3.40. The van der Waals surface area contributed by atoms with Gasteiger partial charge in [0.1, 0.15) is 12.4 Å². The Balaban J connectivity index is 1.44. The van der Waals surface area contributed by atoms with Gasteiger partial charge in [0.2, 0.25) is 5.89 Å². The van der Waals surface area contributed by atoms with Crippen molar-refractivity contribution in [3.63, 3.8) is 0 Å². The topological polar surface area (TPSA) is 75.4 Å². The molecule has 5 rings (SSSR count). The Hall–Kier alpha value is -4.26. The van der Waals surface area contributed by atoms with Crippen LogP contribution in [0.15, 0.2) is 95.5 Å². The molecule has 1 atom stereocenters. The van der Waals surface area contributed by atoms with Gasteiger partial charge < -0.3 is 9.73 Å². The van der Waals surface area contributed by atoms with E-state index in [4.69, 9.17) is 4.42 Å². The molecule has 7 heteroatoms. The van der Waals surface area contributed by atoms with E-state index in [9.17, 15) is 14.0 Å². The second-order valence-electron chi connectivity index (χ2n) is 7.88. The van der Waals surface area contributed by atoms with Gasteiger partial charge in [0.05, 0.1) is 6.20 Å². The molecule has 0 unspecified atom stereocenters. The van der Waals surface area contributed by atoms with E-state index >= 15 is 0 Å². The fourth-order valence-corrected chi connectivity index (χ4v) is 4.08. The van der Waals surface area contributed by atoms with Crippen molar-refractivity contribution in [3.05, 3.63) is 114 Å². The van der Waals surface area contributed by atoms with Gasteiger partial charge in [0.25, 0.3) is 5.91 Å². The van der Waals surface area contributed by atoms with Crippen LogP contribution in [0.5, 0.6) is 0 Å². The largest absolute Gasteiger partial charge is 0.439 e. The number of oxazole rings is 1. The third-order valence-electron chi connectivity index (χ3n) is 5.73. The van der Waals surface area contributed by atoms with Crippen LogP contribution >= 0.6 is 0 Å². The minimum atomic E-state index is -1.23. The second kappa shape index (κ2) is 8.35. The third-order valence-corrected chi connectivity index (χ3v) is 5.73. The number of carbonyl (C=O) groups excluding carboxylic acids is 2. The zero-order chi connectivity index (χ0) is 22.8. The van der Waals surface area contributed by atoms with Crippen molar-refractivity contribution in [2.24, 2.45) is 0 Å². The van der Waals surface area contributed by atoms with Gasteiger partial charge >= 0.3 is 6.03 Å². The maximum Gasteiger partial charge on any atom is 0.325 e. The lowest BCUT2D eigenvalue weighted by molar-refractivity contribution is -0.132. The predicted molar refractivity (Wildman–Crippen MR) is 119 cm³/mol. The minimum Gasteiger partial charge on any atom is -0.439 e. The Morgan fingerprint density at radius 3 is 2.27 bits per heavy atom. The number of nitrogens with zero attached hydrogens (tertiary/aromatic N) is 2. The minimum absolute atomic E-state index is 0.116. The van der Waals surface area contributed by atoms with Crippen LogP contribution in [0.1, 0.15) is 17.0 Å². The summed E-state index contributed by atoms with van der Waals surface area (Å²) in [5.74, 6) is -0.0883. The SMILES string of the molecule is O=C1N[C@](Cc2ccccc2)(c2ccccc2)C(=O)N1Cc1ncc(-c2ccc(F)cc2)o1. The van der Waals surface area contributed by atoms with Crippen molar-refractivity contribution >= 4 is 11.9 Å². The molecular weight excluding hydrogens is 421 g/mol. The first-order chi connectivity index (χ1) is 16.0. The molecule has 33 heavy (non-hydrogen) atoms.